The second-order valence-corrected chi connectivity index (χ2v) is 10.5. The van der Waals surface area contributed by atoms with Crippen LogP contribution in [0.15, 0.2) is 88.2 Å². The number of anilines is 1. The van der Waals surface area contributed by atoms with E-state index in [1.54, 1.807) is 37.3 Å². The van der Waals surface area contributed by atoms with E-state index in [4.69, 9.17) is 0 Å². The van der Waals surface area contributed by atoms with Gasteiger partial charge in [-0.05, 0) is 61.0 Å². The Morgan fingerprint density at radius 1 is 1.00 bits per heavy atom. The zero-order valence-corrected chi connectivity index (χ0v) is 21.6. The Labute approximate surface area is 212 Å². The highest BCUT2D eigenvalue weighted by Crippen LogP contribution is 2.25. The zero-order valence-electron chi connectivity index (χ0n) is 19.2. The molecule has 0 saturated carbocycles. The van der Waals surface area contributed by atoms with E-state index in [0.29, 0.717) is 0 Å². The minimum Gasteiger partial charge on any atom is -0.357 e. The van der Waals surface area contributed by atoms with Gasteiger partial charge < -0.3 is 10.2 Å². The summed E-state index contributed by atoms with van der Waals surface area (Å²) < 4.78 is 42.3. The molecule has 0 spiro atoms. The summed E-state index contributed by atoms with van der Waals surface area (Å²) in [5.41, 5.74) is 0.876. The molecule has 1 atom stereocenters. The highest BCUT2D eigenvalue weighted by Gasteiger charge is 2.32. The molecule has 35 heavy (non-hydrogen) atoms. The molecule has 3 aromatic rings. The van der Waals surface area contributed by atoms with Crippen molar-refractivity contribution in [2.45, 2.75) is 24.4 Å². The molecule has 0 unspecified atom stereocenters. The Balaban J connectivity index is 2.01. The number of benzene rings is 3. The molecule has 3 aromatic carbocycles. The molecule has 184 valence electrons. The molecule has 0 aromatic heterocycles. The van der Waals surface area contributed by atoms with E-state index in [-0.39, 0.29) is 17.1 Å². The molecule has 0 aliphatic carbocycles. The number of amides is 2. The summed E-state index contributed by atoms with van der Waals surface area (Å²) in [5.74, 6) is -1.53. The summed E-state index contributed by atoms with van der Waals surface area (Å²) in [6, 6.07) is 18.9. The number of halogens is 2. The molecule has 3 rings (SSSR count). The quantitative estimate of drug-likeness (QED) is 0.428. The molecule has 0 aliphatic rings. The van der Waals surface area contributed by atoms with Crippen molar-refractivity contribution < 1.29 is 22.4 Å². The van der Waals surface area contributed by atoms with Crippen molar-refractivity contribution in [1.82, 2.24) is 10.2 Å². The van der Waals surface area contributed by atoms with E-state index < -0.39 is 40.2 Å². The maximum Gasteiger partial charge on any atom is 0.264 e. The first-order chi connectivity index (χ1) is 16.6. The van der Waals surface area contributed by atoms with Crippen LogP contribution in [0.2, 0.25) is 0 Å². The molecule has 0 aliphatic heterocycles. The van der Waals surface area contributed by atoms with Gasteiger partial charge in [0, 0.05) is 18.1 Å². The highest BCUT2D eigenvalue weighted by atomic mass is 79.9. The van der Waals surface area contributed by atoms with Gasteiger partial charge >= 0.3 is 0 Å². The predicted octanol–water partition coefficient (Wildman–Crippen LogP) is 3.95. The van der Waals surface area contributed by atoms with Gasteiger partial charge in [0.2, 0.25) is 11.8 Å². The molecule has 0 fully saturated rings. The Morgan fingerprint density at radius 3 is 2.26 bits per heavy atom. The van der Waals surface area contributed by atoms with Gasteiger partial charge in [-0.2, -0.15) is 0 Å². The molecule has 7 nitrogen and oxygen atoms in total. The first-order valence-corrected chi connectivity index (χ1v) is 13.0. The number of rotatable bonds is 9. The number of hydrogen-bond acceptors (Lipinski definition) is 4. The van der Waals surface area contributed by atoms with Gasteiger partial charge in [0.15, 0.2) is 0 Å². The van der Waals surface area contributed by atoms with E-state index in [1.807, 2.05) is 12.1 Å². The van der Waals surface area contributed by atoms with Crippen molar-refractivity contribution in [3.63, 3.8) is 0 Å². The third-order valence-electron chi connectivity index (χ3n) is 5.38. The maximum absolute atomic E-state index is 13.6. The number of likely N-dealkylation sites (N-methyl/N-ethyl adjacent to an activating group) is 1. The Morgan fingerprint density at radius 2 is 1.66 bits per heavy atom. The van der Waals surface area contributed by atoms with E-state index >= 15 is 0 Å². The van der Waals surface area contributed by atoms with Gasteiger partial charge in [0.1, 0.15) is 18.4 Å². The fourth-order valence-electron chi connectivity index (χ4n) is 3.48. The smallest absolute Gasteiger partial charge is 0.264 e. The van der Waals surface area contributed by atoms with Crippen LogP contribution in [0.1, 0.15) is 12.5 Å². The molecular formula is C25H25BrFN3O4S. The molecular weight excluding hydrogens is 537 g/mol. The van der Waals surface area contributed by atoms with Crippen molar-refractivity contribution in [3.8, 4) is 0 Å². The number of carbonyl (C=O) groups is 2. The highest BCUT2D eigenvalue weighted by molar-refractivity contribution is 9.10. The molecule has 2 amide bonds. The lowest BCUT2D eigenvalue weighted by Crippen LogP contribution is -2.50. The van der Waals surface area contributed by atoms with Crippen LogP contribution in [0.3, 0.4) is 0 Å². The number of nitrogens with one attached hydrogen (secondary N) is 1. The van der Waals surface area contributed by atoms with Crippen LogP contribution in [-0.4, -0.2) is 44.8 Å². The molecule has 10 heteroatoms. The summed E-state index contributed by atoms with van der Waals surface area (Å²) in [4.78, 5) is 27.3. The molecule has 1 N–H and O–H groups in total. The summed E-state index contributed by atoms with van der Waals surface area (Å²) >= 11 is 3.40. The van der Waals surface area contributed by atoms with Gasteiger partial charge in [-0.3, -0.25) is 13.9 Å². The van der Waals surface area contributed by atoms with Crippen molar-refractivity contribution in [3.05, 3.63) is 94.7 Å². The minimum atomic E-state index is -4.17. The maximum atomic E-state index is 13.6. The summed E-state index contributed by atoms with van der Waals surface area (Å²) in [6.07, 6.45) is 0. The first kappa shape index (κ1) is 26.4. The summed E-state index contributed by atoms with van der Waals surface area (Å²) in [6.45, 7) is 1.07. The van der Waals surface area contributed by atoms with E-state index in [2.05, 4.69) is 21.2 Å². The fraction of sp³-hybridized carbons (Fsp3) is 0.200. The predicted molar refractivity (Wildman–Crippen MR) is 136 cm³/mol. The average molecular weight is 562 g/mol. The van der Waals surface area contributed by atoms with Crippen molar-refractivity contribution in [1.29, 1.82) is 0 Å². The molecule has 0 radical (unpaired) electrons. The Hall–Kier alpha value is -3.24. The lowest BCUT2D eigenvalue weighted by molar-refractivity contribution is -0.139. The third-order valence-corrected chi connectivity index (χ3v) is 7.66. The Bertz CT molecular complexity index is 1290. The zero-order chi connectivity index (χ0) is 25.6. The van der Waals surface area contributed by atoms with Crippen molar-refractivity contribution >= 4 is 43.5 Å². The van der Waals surface area contributed by atoms with E-state index in [0.717, 1.165) is 26.5 Å². The fourth-order valence-corrected chi connectivity index (χ4v) is 5.36. The van der Waals surface area contributed by atoms with Gasteiger partial charge in [0.25, 0.3) is 10.0 Å². The Kier molecular flexibility index (Phi) is 8.63. The number of hydrogen-bond donors (Lipinski definition) is 1. The largest absolute Gasteiger partial charge is 0.357 e. The molecule has 0 bridgehead atoms. The van der Waals surface area contributed by atoms with Gasteiger partial charge in [-0.15, -0.1) is 0 Å². The van der Waals surface area contributed by atoms with Crippen LogP contribution in [0.4, 0.5) is 10.1 Å². The van der Waals surface area contributed by atoms with Gasteiger partial charge in [0.05, 0.1) is 10.6 Å². The summed E-state index contributed by atoms with van der Waals surface area (Å²) in [5, 5.41) is 2.53. The van der Waals surface area contributed by atoms with Crippen LogP contribution in [0, 0.1) is 5.82 Å². The van der Waals surface area contributed by atoms with Crippen molar-refractivity contribution in [2.75, 3.05) is 17.9 Å². The lowest BCUT2D eigenvalue weighted by Gasteiger charge is -2.31. The second kappa shape index (κ2) is 11.5. The first-order valence-electron chi connectivity index (χ1n) is 10.7. The second-order valence-electron chi connectivity index (χ2n) is 7.74. The molecule has 0 saturated heterocycles. The lowest BCUT2D eigenvalue weighted by atomic mass is 10.1. The van der Waals surface area contributed by atoms with Crippen molar-refractivity contribution in [2.24, 2.45) is 0 Å². The monoisotopic (exact) mass is 561 g/mol. The van der Waals surface area contributed by atoms with Crippen LogP contribution in [0.5, 0.6) is 0 Å². The van der Waals surface area contributed by atoms with E-state index in [1.165, 1.54) is 36.2 Å². The van der Waals surface area contributed by atoms with Gasteiger partial charge in [-0.1, -0.05) is 46.3 Å². The summed E-state index contributed by atoms with van der Waals surface area (Å²) in [7, 11) is -2.71. The number of nitrogens with zero attached hydrogens (tertiary/aromatic N) is 2. The third kappa shape index (κ3) is 6.46. The minimum absolute atomic E-state index is 0.0185. The number of sulfonamides is 1. The van der Waals surface area contributed by atoms with Crippen LogP contribution in [0.25, 0.3) is 0 Å². The number of carbonyl (C=O) groups excluding carboxylic acids is 2. The average Bonchev–Trinajstić information content (AvgIpc) is 2.86. The van der Waals surface area contributed by atoms with Crippen LogP contribution in [-0.2, 0) is 26.2 Å². The van der Waals surface area contributed by atoms with Crippen LogP contribution < -0.4 is 9.62 Å². The molecule has 0 heterocycles. The SMILES string of the molecule is CNC(=O)[C@@H](C)N(Cc1cccc(Br)c1)C(=O)CN(c1ccc(F)cc1)S(=O)(=O)c1ccccc1. The topological polar surface area (TPSA) is 86.8 Å². The van der Waals surface area contributed by atoms with Gasteiger partial charge in [-0.25, -0.2) is 12.8 Å². The standard InChI is InChI=1S/C25H25BrFN3O4S/c1-18(25(32)28-2)29(16-19-7-6-8-20(26)15-19)24(31)17-30(22-13-11-21(27)12-14-22)35(33,34)23-9-4-3-5-10-23/h3-15,18H,16-17H2,1-2H3,(H,28,32)/t18-/m1/s1. The van der Waals surface area contributed by atoms with Crippen LogP contribution >= 0.6 is 15.9 Å². The normalized spacial score (nSPS) is 12.0. The van der Waals surface area contributed by atoms with E-state index in [9.17, 15) is 22.4 Å².